The number of nitrogens with zero attached hydrogens (tertiary/aromatic N) is 2. The highest BCUT2D eigenvalue weighted by Crippen LogP contribution is 2.28. The topological polar surface area (TPSA) is 102 Å². The van der Waals surface area contributed by atoms with Gasteiger partial charge in [-0.2, -0.15) is 5.26 Å². The molecule has 0 bridgehead atoms. The van der Waals surface area contributed by atoms with Crippen molar-refractivity contribution in [1.29, 1.82) is 5.26 Å². The molecule has 7 heteroatoms. The van der Waals surface area contributed by atoms with Gasteiger partial charge in [0.05, 0.1) is 18.6 Å². The first-order valence-corrected chi connectivity index (χ1v) is 5.64. The van der Waals surface area contributed by atoms with Gasteiger partial charge in [-0.15, -0.1) is 0 Å². The third-order valence-electron chi connectivity index (χ3n) is 2.33. The smallest absolute Gasteiger partial charge is 0.348 e. The van der Waals surface area contributed by atoms with E-state index in [1.54, 1.807) is 13.0 Å². The van der Waals surface area contributed by atoms with Crippen LogP contribution in [0, 0.1) is 21.4 Å². The molecule has 1 rings (SSSR count). The Kier molecular flexibility index (Phi) is 5.23. The summed E-state index contributed by atoms with van der Waals surface area (Å²) >= 11 is 0. The van der Waals surface area contributed by atoms with E-state index >= 15 is 0 Å². The van der Waals surface area contributed by atoms with Crippen LogP contribution in [0.25, 0.3) is 6.08 Å². The number of methoxy groups -OCH3 is 1. The van der Waals surface area contributed by atoms with Crippen molar-refractivity contribution in [2.45, 2.75) is 6.92 Å². The maximum absolute atomic E-state index is 11.4. The van der Waals surface area contributed by atoms with E-state index in [4.69, 9.17) is 14.7 Å². The first-order valence-electron chi connectivity index (χ1n) is 5.64. The molecule has 0 aliphatic heterocycles. The van der Waals surface area contributed by atoms with Crippen LogP contribution in [-0.2, 0) is 9.53 Å². The number of carbonyl (C=O) groups excluding carboxylic acids is 1. The second kappa shape index (κ2) is 6.89. The molecule has 0 aromatic heterocycles. The van der Waals surface area contributed by atoms with Crippen molar-refractivity contribution in [1.82, 2.24) is 0 Å². The fourth-order valence-electron chi connectivity index (χ4n) is 1.45. The number of hydrogen-bond donors (Lipinski definition) is 0. The van der Waals surface area contributed by atoms with Gasteiger partial charge >= 0.3 is 11.7 Å². The molecule has 0 unspecified atom stereocenters. The van der Waals surface area contributed by atoms with Gasteiger partial charge in [0.15, 0.2) is 5.75 Å². The molecule has 0 amide bonds. The average Bonchev–Trinajstić information content (AvgIpc) is 2.44. The van der Waals surface area contributed by atoms with Crippen molar-refractivity contribution in [3.05, 3.63) is 39.4 Å². The van der Waals surface area contributed by atoms with Gasteiger partial charge < -0.3 is 9.47 Å². The molecule has 0 aliphatic rings. The quantitative estimate of drug-likeness (QED) is 0.268. The van der Waals surface area contributed by atoms with Gasteiger partial charge in [0.25, 0.3) is 0 Å². The minimum Gasteiger partial charge on any atom is -0.490 e. The largest absolute Gasteiger partial charge is 0.490 e. The van der Waals surface area contributed by atoms with Crippen LogP contribution in [0.5, 0.6) is 5.75 Å². The predicted molar refractivity (Wildman–Crippen MR) is 69.9 cm³/mol. The van der Waals surface area contributed by atoms with E-state index in [0.717, 1.165) is 0 Å². The molecule has 20 heavy (non-hydrogen) atoms. The lowest BCUT2D eigenvalue weighted by atomic mass is 10.1. The predicted octanol–water partition coefficient (Wildman–Crippen LogP) is 2.07. The normalized spacial score (nSPS) is 10.6. The van der Waals surface area contributed by atoms with E-state index in [2.05, 4.69) is 0 Å². The van der Waals surface area contributed by atoms with Gasteiger partial charge in [-0.05, 0) is 24.6 Å². The lowest BCUT2D eigenvalue weighted by Gasteiger charge is -2.03. The molecule has 0 atom stereocenters. The number of benzene rings is 1. The van der Waals surface area contributed by atoms with Crippen LogP contribution >= 0.6 is 0 Å². The third-order valence-corrected chi connectivity index (χ3v) is 2.33. The standard InChI is InChI=1S/C13H12N2O5/c1-3-20-13(16)10(8-14)6-9-4-5-12(19-2)11(7-9)15(17)18/h4-7H,3H2,1-2H3/b10-6-. The van der Waals surface area contributed by atoms with Crippen molar-refractivity contribution < 1.29 is 19.2 Å². The zero-order chi connectivity index (χ0) is 15.1. The Morgan fingerprint density at radius 1 is 1.55 bits per heavy atom. The molecular formula is C13H12N2O5. The summed E-state index contributed by atoms with van der Waals surface area (Å²) in [6, 6.07) is 5.81. The number of nitro benzene ring substituents is 1. The van der Waals surface area contributed by atoms with E-state index in [9.17, 15) is 14.9 Å². The van der Waals surface area contributed by atoms with E-state index < -0.39 is 10.9 Å². The average molecular weight is 276 g/mol. The molecule has 0 saturated carbocycles. The van der Waals surface area contributed by atoms with Gasteiger partial charge in [-0.3, -0.25) is 10.1 Å². The van der Waals surface area contributed by atoms with Crippen molar-refractivity contribution >= 4 is 17.7 Å². The minimum absolute atomic E-state index is 0.0989. The van der Waals surface area contributed by atoms with Gasteiger partial charge in [-0.1, -0.05) is 6.07 Å². The summed E-state index contributed by atoms with van der Waals surface area (Å²) in [6.45, 7) is 1.76. The monoisotopic (exact) mass is 276 g/mol. The first-order chi connectivity index (χ1) is 9.53. The second-order valence-electron chi connectivity index (χ2n) is 3.58. The molecule has 104 valence electrons. The highest BCUT2D eigenvalue weighted by atomic mass is 16.6. The second-order valence-corrected chi connectivity index (χ2v) is 3.58. The Labute approximate surface area is 115 Å². The van der Waals surface area contributed by atoms with Crippen molar-refractivity contribution in [2.24, 2.45) is 0 Å². The summed E-state index contributed by atoms with van der Waals surface area (Å²) in [5.41, 5.74) is -0.143. The van der Waals surface area contributed by atoms with Crippen LogP contribution in [0.15, 0.2) is 23.8 Å². The lowest BCUT2D eigenvalue weighted by molar-refractivity contribution is -0.385. The lowest BCUT2D eigenvalue weighted by Crippen LogP contribution is -2.06. The van der Waals surface area contributed by atoms with E-state index in [-0.39, 0.29) is 23.6 Å². The summed E-state index contributed by atoms with van der Waals surface area (Å²) in [7, 11) is 1.32. The number of ether oxygens (including phenoxy) is 2. The molecule has 0 spiro atoms. The molecule has 0 radical (unpaired) electrons. The highest BCUT2D eigenvalue weighted by Gasteiger charge is 2.16. The minimum atomic E-state index is -0.770. The van der Waals surface area contributed by atoms with Gasteiger partial charge in [0.1, 0.15) is 11.6 Å². The highest BCUT2D eigenvalue weighted by molar-refractivity contribution is 5.98. The molecule has 1 aromatic carbocycles. The maximum Gasteiger partial charge on any atom is 0.348 e. The Bertz CT molecular complexity index is 601. The molecule has 7 nitrogen and oxygen atoms in total. The molecule has 0 heterocycles. The summed E-state index contributed by atoms with van der Waals surface area (Å²) < 4.78 is 9.56. The third kappa shape index (κ3) is 3.55. The number of carbonyl (C=O) groups is 1. The van der Waals surface area contributed by atoms with E-state index in [0.29, 0.717) is 5.56 Å². The Balaban J connectivity index is 3.20. The number of esters is 1. The molecule has 0 aliphatic carbocycles. The Hall–Kier alpha value is -2.88. The van der Waals surface area contributed by atoms with Crippen LogP contribution < -0.4 is 4.74 Å². The number of rotatable bonds is 5. The van der Waals surface area contributed by atoms with Gasteiger partial charge in [0, 0.05) is 6.07 Å². The molecule has 0 fully saturated rings. The number of nitriles is 1. The summed E-state index contributed by atoms with van der Waals surface area (Å²) in [6.07, 6.45) is 1.23. The Morgan fingerprint density at radius 3 is 2.75 bits per heavy atom. The number of hydrogen-bond acceptors (Lipinski definition) is 6. The molecular weight excluding hydrogens is 264 g/mol. The number of nitro groups is 1. The zero-order valence-corrected chi connectivity index (χ0v) is 11.0. The van der Waals surface area contributed by atoms with E-state index in [1.807, 2.05) is 0 Å². The van der Waals surface area contributed by atoms with E-state index in [1.165, 1.54) is 31.4 Å². The fraction of sp³-hybridized carbons (Fsp3) is 0.231. The Morgan fingerprint density at radius 2 is 2.25 bits per heavy atom. The van der Waals surface area contributed by atoms with Crippen molar-refractivity contribution in [3.63, 3.8) is 0 Å². The fourth-order valence-corrected chi connectivity index (χ4v) is 1.45. The van der Waals surface area contributed by atoms with Crippen LogP contribution in [0.1, 0.15) is 12.5 Å². The van der Waals surface area contributed by atoms with Crippen LogP contribution in [-0.4, -0.2) is 24.6 Å². The van der Waals surface area contributed by atoms with Gasteiger partial charge in [0.2, 0.25) is 0 Å². The van der Waals surface area contributed by atoms with Crippen molar-refractivity contribution in [2.75, 3.05) is 13.7 Å². The molecule has 0 N–H and O–H groups in total. The first kappa shape index (κ1) is 15.2. The summed E-state index contributed by atoms with van der Waals surface area (Å²) in [5.74, 6) is -0.671. The van der Waals surface area contributed by atoms with Crippen LogP contribution in [0.3, 0.4) is 0 Å². The van der Waals surface area contributed by atoms with Crippen LogP contribution in [0.2, 0.25) is 0 Å². The van der Waals surface area contributed by atoms with Gasteiger partial charge in [-0.25, -0.2) is 4.79 Å². The van der Waals surface area contributed by atoms with Crippen LogP contribution in [0.4, 0.5) is 5.69 Å². The van der Waals surface area contributed by atoms with Crippen molar-refractivity contribution in [3.8, 4) is 11.8 Å². The zero-order valence-electron chi connectivity index (χ0n) is 11.0. The summed E-state index contributed by atoms with van der Waals surface area (Å²) in [4.78, 5) is 21.7. The SMILES string of the molecule is CCOC(=O)/C(C#N)=C\c1ccc(OC)c([N+](=O)[O-])c1. The summed E-state index contributed by atoms with van der Waals surface area (Å²) in [5, 5.41) is 19.8. The maximum atomic E-state index is 11.4. The molecule has 1 aromatic rings. The molecule has 0 saturated heterocycles.